The number of esters is 1. The van der Waals surface area contributed by atoms with Gasteiger partial charge in [-0.2, -0.15) is 0 Å². The summed E-state index contributed by atoms with van der Waals surface area (Å²) >= 11 is 5.62. The highest BCUT2D eigenvalue weighted by Crippen LogP contribution is 2.28. The van der Waals surface area contributed by atoms with Gasteiger partial charge in [0.05, 0.1) is 12.7 Å². The van der Waals surface area contributed by atoms with Crippen LogP contribution in [0.3, 0.4) is 0 Å². The van der Waals surface area contributed by atoms with Gasteiger partial charge in [0.2, 0.25) is 0 Å². The Morgan fingerprint density at radius 1 is 1.38 bits per heavy atom. The quantitative estimate of drug-likeness (QED) is 0.543. The lowest BCUT2D eigenvalue weighted by Gasteiger charge is -2.07. The average molecular weight is 391 g/mol. The van der Waals surface area contributed by atoms with Crippen LogP contribution in [0, 0.1) is 3.57 Å². The van der Waals surface area contributed by atoms with Gasteiger partial charge < -0.3 is 4.74 Å². The molecular formula is C12H8BrIO2. The average Bonchev–Trinajstić information content (AvgIpc) is 2.27. The minimum absolute atomic E-state index is 0.310. The maximum atomic E-state index is 11.7. The van der Waals surface area contributed by atoms with Gasteiger partial charge in [-0.25, -0.2) is 4.79 Å². The van der Waals surface area contributed by atoms with Crippen LogP contribution in [0.25, 0.3) is 10.8 Å². The van der Waals surface area contributed by atoms with Crippen molar-refractivity contribution in [2.24, 2.45) is 0 Å². The Bertz CT molecular complexity index is 566. The summed E-state index contributed by atoms with van der Waals surface area (Å²) in [5.74, 6) is -0.310. The lowest BCUT2D eigenvalue weighted by Crippen LogP contribution is -2.03. The van der Waals surface area contributed by atoms with Gasteiger partial charge in [-0.05, 0) is 46.2 Å². The fourth-order valence-electron chi connectivity index (χ4n) is 1.62. The molecule has 0 aromatic heterocycles. The zero-order chi connectivity index (χ0) is 11.7. The first kappa shape index (κ1) is 11.9. The molecule has 0 fully saturated rings. The number of benzene rings is 2. The normalized spacial score (nSPS) is 10.4. The molecule has 0 unspecified atom stereocenters. The van der Waals surface area contributed by atoms with E-state index in [1.807, 2.05) is 24.3 Å². The summed E-state index contributed by atoms with van der Waals surface area (Å²) in [5, 5.41) is 1.97. The highest BCUT2D eigenvalue weighted by Gasteiger charge is 2.13. The smallest absolute Gasteiger partial charge is 0.338 e. The SMILES string of the molecule is COC(=O)c1cc(Br)cc2cccc(I)c12. The van der Waals surface area contributed by atoms with Gasteiger partial charge in [-0.1, -0.05) is 28.1 Å². The third-order valence-electron chi connectivity index (χ3n) is 2.30. The second-order valence-electron chi connectivity index (χ2n) is 3.28. The number of methoxy groups -OCH3 is 1. The molecule has 0 amide bonds. The molecule has 0 spiro atoms. The van der Waals surface area contributed by atoms with E-state index in [2.05, 4.69) is 38.5 Å². The zero-order valence-electron chi connectivity index (χ0n) is 8.46. The molecule has 0 radical (unpaired) electrons. The second kappa shape index (κ2) is 4.71. The minimum Gasteiger partial charge on any atom is -0.465 e. The van der Waals surface area contributed by atoms with Crippen LogP contribution in [-0.2, 0) is 4.74 Å². The fraction of sp³-hybridized carbons (Fsp3) is 0.0833. The first-order chi connectivity index (χ1) is 7.63. The number of hydrogen-bond acceptors (Lipinski definition) is 2. The molecule has 2 aromatic rings. The van der Waals surface area contributed by atoms with E-state index in [1.54, 1.807) is 6.07 Å². The molecule has 0 bridgehead atoms. The molecule has 0 aliphatic carbocycles. The highest BCUT2D eigenvalue weighted by atomic mass is 127. The van der Waals surface area contributed by atoms with E-state index in [9.17, 15) is 4.79 Å². The number of carbonyl (C=O) groups is 1. The summed E-state index contributed by atoms with van der Waals surface area (Å²) < 4.78 is 6.71. The van der Waals surface area contributed by atoms with E-state index in [1.165, 1.54) is 7.11 Å². The van der Waals surface area contributed by atoms with Crippen LogP contribution < -0.4 is 0 Å². The molecule has 0 heterocycles. The topological polar surface area (TPSA) is 26.3 Å². The van der Waals surface area contributed by atoms with Crippen LogP contribution in [0.15, 0.2) is 34.8 Å². The number of hydrogen-bond donors (Lipinski definition) is 0. The lowest BCUT2D eigenvalue weighted by atomic mass is 10.0. The maximum absolute atomic E-state index is 11.7. The van der Waals surface area contributed by atoms with Crippen molar-refractivity contribution in [3.05, 3.63) is 43.9 Å². The molecule has 0 aliphatic rings. The van der Waals surface area contributed by atoms with E-state index in [4.69, 9.17) is 4.74 Å². The molecule has 0 N–H and O–H groups in total. The van der Waals surface area contributed by atoms with Gasteiger partial charge in [-0.15, -0.1) is 0 Å². The van der Waals surface area contributed by atoms with E-state index in [0.29, 0.717) is 5.56 Å². The maximum Gasteiger partial charge on any atom is 0.338 e. The molecule has 0 aliphatic heterocycles. The summed E-state index contributed by atoms with van der Waals surface area (Å²) in [5.41, 5.74) is 0.594. The van der Waals surface area contributed by atoms with Crippen molar-refractivity contribution in [3.63, 3.8) is 0 Å². The number of halogens is 2. The van der Waals surface area contributed by atoms with Crippen LogP contribution in [0.1, 0.15) is 10.4 Å². The molecule has 82 valence electrons. The number of ether oxygens (including phenoxy) is 1. The summed E-state index contributed by atoms with van der Waals surface area (Å²) in [6.07, 6.45) is 0. The molecule has 2 rings (SSSR count). The molecule has 2 aromatic carbocycles. The largest absolute Gasteiger partial charge is 0.465 e. The summed E-state index contributed by atoms with van der Waals surface area (Å²) in [6.45, 7) is 0. The van der Waals surface area contributed by atoms with Crippen molar-refractivity contribution in [3.8, 4) is 0 Å². The second-order valence-corrected chi connectivity index (χ2v) is 5.36. The van der Waals surface area contributed by atoms with Crippen LogP contribution in [0.4, 0.5) is 0 Å². The summed E-state index contributed by atoms with van der Waals surface area (Å²) in [4.78, 5) is 11.7. The van der Waals surface area contributed by atoms with E-state index in [-0.39, 0.29) is 5.97 Å². The zero-order valence-corrected chi connectivity index (χ0v) is 12.2. The molecule has 2 nitrogen and oxygen atoms in total. The van der Waals surface area contributed by atoms with E-state index in [0.717, 1.165) is 18.8 Å². The van der Waals surface area contributed by atoms with Crippen molar-refractivity contribution in [2.75, 3.05) is 7.11 Å². The predicted octanol–water partition coefficient (Wildman–Crippen LogP) is 3.99. The van der Waals surface area contributed by atoms with Crippen molar-refractivity contribution in [2.45, 2.75) is 0 Å². The van der Waals surface area contributed by atoms with Gasteiger partial charge in [0, 0.05) is 13.4 Å². The van der Waals surface area contributed by atoms with Crippen molar-refractivity contribution in [1.82, 2.24) is 0 Å². The molecule has 4 heteroatoms. The first-order valence-corrected chi connectivity index (χ1v) is 6.46. The van der Waals surface area contributed by atoms with Crippen LogP contribution in [-0.4, -0.2) is 13.1 Å². The highest BCUT2D eigenvalue weighted by molar-refractivity contribution is 14.1. The van der Waals surface area contributed by atoms with Crippen molar-refractivity contribution in [1.29, 1.82) is 0 Å². The van der Waals surface area contributed by atoms with Gasteiger partial charge in [-0.3, -0.25) is 0 Å². The fourth-order valence-corrected chi connectivity index (χ4v) is 2.90. The van der Waals surface area contributed by atoms with E-state index >= 15 is 0 Å². The van der Waals surface area contributed by atoms with Crippen molar-refractivity contribution < 1.29 is 9.53 Å². The van der Waals surface area contributed by atoms with Crippen LogP contribution in [0.2, 0.25) is 0 Å². The van der Waals surface area contributed by atoms with Gasteiger partial charge in [0.1, 0.15) is 0 Å². The Hall–Kier alpha value is -0.620. The number of carbonyl (C=O) groups excluding carboxylic acids is 1. The monoisotopic (exact) mass is 390 g/mol. The Balaban J connectivity index is 2.85. The molecule has 0 saturated carbocycles. The minimum atomic E-state index is -0.310. The Labute approximate surface area is 115 Å². The van der Waals surface area contributed by atoms with Gasteiger partial charge in [0.15, 0.2) is 0 Å². The summed E-state index contributed by atoms with van der Waals surface area (Å²) in [7, 11) is 1.39. The first-order valence-electron chi connectivity index (χ1n) is 4.59. The third kappa shape index (κ3) is 2.08. The Kier molecular flexibility index (Phi) is 3.49. The molecule has 0 atom stereocenters. The Morgan fingerprint density at radius 2 is 2.12 bits per heavy atom. The van der Waals surface area contributed by atoms with Gasteiger partial charge in [0.25, 0.3) is 0 Å². The number of rotatable bonds is 1. The molecular weight excluding hydrogens is 383 g/mol. The summed E-state index contributed by atoms with van der Waals surface area (Å²) in [6, 6.07) is 9.70. The lowest BCUT2D eigenvalue weighted by molar-refractivity contribution is 0.0603. The number of fused-ring (bicyclic) bond motifs is 1. The Morgan fingerprint density at radius 3 is 2.81 bits per heavy atom. The van der Waals surface area contributed by atoms with E-state index < -0.39 is 0 Å². The predicted molar refractivity (Wildman–Crippen MR) is 75.7 cm³/mol. The molecule has 0 saturated heterocycles. The van der Waals surface area contributed by atoms with Crippen molar-refractivity contribution >= 4 is 55.3 Å². The van der Waals surface area contributed by atoms with Crippen LogP contribution >= 0.6 is 38.5 Å². The van der Waals surface area contributed by atoms with Crippen LogP contribution in [0.5, 0.6) is 0 Å². The molecule has 16 heavy (non-hydrogen) atoms. The standard InChI is InChI=1S/C12H8BrIO2/c1-16-12(15)9-6-8(13)5-7-3-2-4-10(14)11(7)9/h2-6H,1H3. The van der Waals surface area contributed by atoms with Gasteiger partial charge >= 0.3 is 5.97 Å². The third-order valence-corrected chi connectivity index (χ3v) is 3.65.